The Balaban J connectivity index is 0. The first-order valence-electron chi connectivity index (χ1n) is 6.63. The zero-order valence-corrected chi connectivity index (χ0v) is 15.9. The Morgan fingerprint density at radius 2 is 1.29 bits per heavy atom. The van der Waals surface area contributed by atoms with Crippen LogP contribution in [0.15, 0.2) is 57.2 Å². The maximum Gasteiger partial charge on any atom is 0.425 e. The van der Waals surface area contributed by atoms with Crippen LogP contribution >= 0.6 is 0 Å². The number of methoxy groups -OCH3 is 1. The van der Waals surface area contributed by atoms with Gasteiger partial charge in [0.05, 0.1) is 16.9 Å². The van der Waals surface area contributed by atoms with E-state index in [0.29, 0.717) is 0 Å². The van der Waals surface area contributed by atoms with Crippen molar-refractivity contribution in [3.8, 4) is 5.75 Å². The van der Waals surface area contributed by atoms with E-state index in [1.807, 2.05) is 6.92 Å². The summed E-state index contributed by atoms with van der Waals surface area (Å²) in [6.45, 7) is 1.82. The Hall–Kier alpha value is -2.28. The minimum atomic E-state index is -4.61. The van der Waals surface area contributed by atoms with Crippen LogP contribution in [0.3, 0.4) is 0 Å². The van der Waals surface area contributed by atoms with Gasteiger partial charge in [0, 0.05) is 0 Å². The van der Waals surface area contributed by atoms with Crippen molar-refractivity contribution in [1.82, 2.24) is 0 Å². The number of ether oxygens (including phenoxy) is 1. The summed E-state index contributed by atoms with van der Waals surface area (Å²) in [5.41, 5.74) is 0.896. The van der Waals surface area contributed by atoms with Crippen LogP contribution in [0.4, 0.5) is 0 Å². The summed E-state index contributed by atoms with van der Waals surface area (Å²) in [6.07, 6.45) is 0. The molecule has 0 bridgehead atoms. The molecule has 0 spiro atoms. The van der Waals surface area contributed by atoms with E-state index in [0.717, 1.165) is 11.6 Å². The molecule has 2 aromatic rings. The molecule has 158 valence electrons. The van der Waals surface area contributed by atoms with E-state index in [1.54, 1.807) is 12.1 Å². The Labute approximate surface area is 166 Å². The molecule has 0 heterocycles. The molecule has 0 aliphatic heterocycles. The van der Waals surface area contributed by atoms with Crippen LogP contribution < -0.4 is 4.74 Å². The van der Waals surface area contributed by atoms with Gasteiger partial charge in [-0.2, -0.15) is 8.42 Å². The molecular formula is C16H22O9S3. The molecule has 2 rings (SSSR count). The van der Waals surface area contributed by atoms with Gasteiger partial charge in [0.15, 0.2) is 0 Å². The lowest BCUT2D eigenvalue weighted by Gasteiger charge is -2.09. The standard InChI is InChI=1S/C14H14O6S2.2CH4.O3S/c1-10-3-5-11(6-4-10)21(15,16)12-7-8-13(20-2)14(9-12)22(17,18)19;;;1-4(2)3/h3-9H,1-2H3,(H,17,18,19);2*1H4;. The minimum Gasteiger partial charge on any atom is -0.495 e. The van der Waals surface area contributed by atoms with Crippen molar-refractivity contribution in [1.29, 1.82) is 0 Å². The van der Waals surface area contributed by atoms with Gasteiger partial charge in [-0.3, -0.25) is 4.55 Å². The normalized spacial score (nSPS) is 10.4. The monoisotopic (exact) mass is 454 g/mol. The fraction of sp³-hybridized carbons (Fsp3) is 0.250. The summed E-state index contributed by atoms with van der Waals surface area (Å²) in [5, 5.41) is 0. The minimum absolute atomic E-state index is 0. The summed E-state index contributed by atoms with van der Waals surface area (Å²) < 4.78 is 87.1. The van der Waals surface area contributed by atoms with Gasteiger partial charge in [-0.25, -0.2) is 8.42 Å². The molecule has 0 fully saturated rings. The lowest BCUT2D eigenvalue weighted by molar-refractivity contribution is 0.397. The van der Waals surface area contributed by atoms with E-state index < -0.39 is 35.5 Å². The third-order valence-electron chi connectivity index (χ3n) is 3.05. The highest BCUT2D eigenvalue weighted by Crippen LogP contribution is 2.29. The topological polar surface area (TPSA) is 149 Å². The first-order chi connectivity index (χ1) is 11.9. The Morgan fingerprint density at radius 3 is 1.68 bits per heavy atom. The van der Waals surface area contributed by atoms with E-state index >= 15 is 0 Å². The van der Waals surface area contributed by atoms with E-state index in [2.05, 4.69) is 0 Å². The smallest absolute Gasteiger partial charge is 0.425 e. The van der Waals surface area contributed by atoms with Gasteiger partial charge in [-0.15, -0.1) is 12.6 Å². The molecule has 2 aromatic carbocycles. The first kappa shape index (κ1) is 27.9. The van der Waals surface area contributed by atoms with Crippen LogP contribution in [0.5, 0.6) is 5.75 Å². The Morgan fingerprint density at radius 1 is 0.857 bits per heavy atom. The van der Waals surface area contributed by atoms with Gasteiger partial charge in [0.1, 0.15) is 10.6 Å². The largest absolute Gasteiger partial charge is 0.495 e. The van der Waals surface area contributed by atoms with Crippen molar-refractivity contribution < 1.29 is 38.8 Å². The second kappa shape index (κ2) is 10.9. The highest BCUT2D eigenvalue weighted by Gasteiger charge is 2.23. The lowest BCUT2D eigenvalue weighted by Crippen LogP contribution is -2.06. The fourth-order valence-corrected chi connectivity index (χ4v) is 3.92. The highest BCUT2D eigenvalue weighted by atomic mass is 32.2. The van der Waals surface area contributed by atoms with E-state index in [4.69, 9.17) is 17.4 Å². The quantitative estimate of drug-likeness (QED) is 0.687. The van der Waals surface area contributed by atoms with Crippen LogP contribution in [0.25, 0.3) is 0 Å². The van der Waals surface area contributed by atoms with Crippen LogP contribution in [-0.2, 0) is 30.6 Å². The number of rotatable bonds is 4. The highest BCUT2D eigenvalue weighted by molar-refractivity contribution is 7.91. The van der Waals surface area contributed by atoms with Crippen molar-refractivity contribution in [3.05, 3.63) is 48.0 Å². The van der Waals surface area contributed by atoms with Gasteiger partial charge in [-0.05, 0) is 37.3 Å². The molecule has 1 N–H and O–H groups in total. The molecule has 0 unspecified atom stereocenters. The molecule has 0 saturated heterocycles. The summed E-state index contributed by atoms with van der Waals surface area (Å²) in [4.78, 5) is -0.808. The molecular weight excluding hydrogens is 432 g/mol. The third-order valence-corrected chi connectivity index (χ3v) is 5.70. The summed E-state index contributed by atoms with van der Waals surface area (Å²) in [5.74, 6) is -0.134. The fourth-order valence-electron chi connectivity index (χ4n) is 1.88. The number of hydrogen-bond acceptors (Lipinski definition) is 8. The molecule has 0 amide bonds. The van der Waals surface area contributed by atoms with Crippen molar-refractivity contribution in [2.45, 2.75) is 36.5 Å². The van der Waals surface area contributed by atoms with Crippen molar-refractivity contribution in [3.63, 3.8) is 0 Å². The van der Waals surface area contributed by atoms with Crippen LogP contribution in [0, 0.1) is 6.92 Å². The average Bonchev–Trinajstić information content (AvgIpc) is 2.53. The number of hydrogen-bond donors (Lipinski definition) is 1. The number of sulfone groups is 1. The van der Waals surface area contributed by atoms with Gasteiger partial charge in [-0.1, -0.05) is 32.5 Å². The zero-order chi connectivity index (χ0) is 20.1. The Bertz CT molecular complexity index is 1090. The van der Waals surface area contributed by atoms with Crippen LogP contribution in [0.1, 0.15) is 20.4 Å². The molecule has 0 atom stereocenters. The van der Waals surface area contributed by atoms with E-state index in [1.165, 1.54) is 31.4 Å². The summed E-state index contributed by atoms with van der Waals surface area (Å²) in [7, 11) is -10.4. The second-order valence-corrected chi connectivity index (χ2v) is 8.56. The van der Waals surface area contributed by atoms with Gasteiger partial charge in [0.2, 0.25) is 9.84 Å². The van der Waals surface area contributed by atoms with Gasteiger partial charge >= 0.3 is 10.6 Å². The lowest BCUT2D eigenvalue weighted by atomic mass is 10.2. The van der Waals surface area contributed by atoms with Crippen LogP contribution in [-0.4, -0.2) is 41.1 Å². The molecule has 0 saturated carbocycles. The predicted octanol–water partition coefficient (Wildman–Crippen LogP) is 2.35. The van der Waals surface area contributed by atoms with Crippen LogP contribution in [0.2, 0.25) is 0 Å². The van der Waals surface area contributed by atoms with E-state index in [-0.39, 0.29) is 30.4 Å². The SMILES string of the molecule is C.C.COc1ccc(S(=O)(=O)c2ccc(C)cc2)cc1S(=O)(=O)O.O=S(=O)=O. The molecule has 28 heavy (non-hydrogen) atoms. The number of benzene rings is 2. The molecule has 9 nitrogen and oxygen atoms in total. The predicted molar refractivity (Wildman–Crippen MR) is 103 cm³/mol. The first-order valence-corrected chi connectivity index (χ1v) is 10.6. The summed E-state index contributed by atoms with van der Waals surface area (Å²) >= 11 is 0. The number of aryl methyl sites for hydroxylation is 1. The Kier molecular flexibility index (Phi) is 10.9. The summed E-state index contributed by atoms with van der Waals surface area (Å²) in [6, 6.07) is 9.43. The second-order valence-electron chi connectivity index (χ2n) is 4.81. The van der Waals surface area contributed by atoms with Gasteiger partial charge < -0.3 is 4.74 Å². The third kappa shape index (κ3) is 7.38. The van der Waals surface area contributed by atoms with Gasteiger partial charge in [0.25, 0.3) is 10.1 Å². The average molecular weight is 455 g/mol. The van der Waals surface area contributed by atoms with E-state index in [9.17, 15) is 21.4 Å². The molecule has 0 aromatic heterocycles. The maximum atomic E-state index is 12.5. The molecule has 0 aliphatic rings. The van der Waals surface area contributed by atoms with Crippen molar-refractivity contribution in [2.75, 3.05) is 7.11 Å². The molecule has 12 heteroatoms. The molecule has 0 radical (unpaired) electrons. The zero-order valence-electron chi connectivity index (χ0n) is 13.5. The molecule has 0 aliphatic carbocycles. The maximum absolute atomic E-state index is 12.5. The van der Waals surface area contributed by atoms with Crippen molar-refractivity contribution in [2.24, 2.45) is 0 Å². The van der Waals surface area contributed by atoms with Crippen molar-refractivity contribution >= 4 is 30.6 Å².